The average molecular weight is 488 g/mol. The van der Waals surface area contributed by atoms with E-state index in [4.69, 9.17) is 0 Å². The summed E-state index contributed by atoms with van der Waals surface area (Å²) < 4.78 is 40.9. The molecule has 2 aliphatic carbocycles. The normalized spacial score (nSPS) is 23.4. The Labute approximate surface area is 187 Å². The number of pyridine rings is 1. The Morgan fingerprint density at radius 3 is 2.35 bits per heavy atom. The van der Waals surface area contributed by atoms with E-state index in [2.05, 4.69) is 15.2 Å². The highest BCUT2D eigenvalue weighted by molar-refractivity contribution is 8.02. The molecule has 0 saturated heterocycles. The largest absolute Gasteiger partial charge is 0.433 e. The fourth-order valence-corrected chi connectivity index (χ4v) is 6.38. The minimum absolute atomic E-state index is 0.0734. The van der Waals surface area contributed by atoms with E-state index < -0.39 is 35.1 Å². The zero-order valence-electron chi connectivity index (χ0n) is 16.1. The molecule has 0 aromatic carbocycles. The summed E-state index contributed by atoms with van der Waals surface area (Å²) in [5, 5.41) is 7.89. The molecule has 2 aromatic heterocycles. The summed E-state index contributed by atoms with van der Waals surface area (Å²) in [4.78, 5) is 42.2. The first-order chi connectivity index (χ1) is 14.7. The molecule has 2 unspecified atom stereocenters. The number of thioether (sulfide) groups is 2. The van der Waals surface area contributed by atoms with Gasteiger partial charge < -0.3 is 0 Å². The van der Waals surface area contributed by atoms with Crippen LogP contribution in [0.4, 0.5) is 13.2 Å². The van der Waals surface area contributed by atoms with E-state index in [1.165, 1.54) is 23.1 Å². The average Bonchev–Trinajstić information content (AvgIpc) is 3.38. The first-order valence-electron chi connectivity index (χ1n) is 9.38. The number of fused-ring (bicyclic) bond motifs is 2. The van der Waals surface area contributed by atoms with E-state index in [9.17, 15) is 27.6 Å². The zero-order chi connectivity index (χ0) is 22.3. The molecule has 4 rings (SSSR count). The maximum atomic E-state index is 13.2. The number of ketones is 3. The van der Waals surface area contributed by atoms with Crippen molar-refractivity contribution < 1.29 is 27.6 Å². The molecular formula is C19H16F3N3O3S3. The van der Waals surface area contributed by atoms with Crippen molar-refractivity contribution in [2.75, 3.05) is 6.26 Å². The number of carbonyl (C=O) groups is 3. The molecule has 0 N–H and O–H groups in total. The van der Waals surface area contributed by atoms with Gasteiger partial charge in [0, 0.05) is 23.2 Å². The van der Waals surface area contributed by atoms with Crippen LogP contribution in [0.25, 0.3) is 0 Å². The first-order valence-corrected chi connectivity index (χ1v) is 12.4. The SMILES string of the molecule is CSc1nnc(SCc2nc(C(F)(F)F)ccc2C(=O)C2C(=O)C3CCC(C3)C2=O)s1. The molecule has 12 heteroatoms. The highest BCUT2D eigenvalue weighted by Gasteiger charge is 2.50. The van der Waals surface area contributed by atoms with E-state index in [0.717, 1.165) is 17.8 Å². The lowest BCUT2D eigenvalue weighted by Crippen LogP contribution is -2.41. The minimum Gasteiger partial charge on any atom is -0.298 e. The lowest BCUT2D eigenvalue weighted by Gasteiger charge is -2.24. The van der Waals surface area contributed by atoms with Crippen molar-refractivity contribution in [2.45, 2.75) is 39.9 Å². The Morgan fingerprint density at radius 2 is 1.77 bits per heavy atom. The Bertz CT molecular complexity index is 1030. The highest BCUT2D eigenvalue weighted by Crippen LogP contribution is 2.42. The number of aromatic nitrogens is 3. The molecule has 2 saturated carbocycles. The third-order valence-electron chi connectivity index (χ3n) is 5.49. The van der Waals surface area contributed by atoms with Crippen LogP contribution in [-0.4, -0.2) is 38.8 Å². The van der Waals surface area contributed by atoms with Crippen LogP contribution in [0.3, 0.4) is 0 Å². The monoisotopic (exact) mass is 487 g/mol. The van der Waals surface area contributed by atoms with Gasteiger partial charge in [-0.25, -0.2) is 4.98 Å². The molecule has 0 radical (unpaired) electrons. The molecule has 0 amide bonds. The second-order valence-corrected chi connectivity index (χ2v) is 10.6. The summed E-state index contributed by atoms with van der Waals surface area (Å²) >= 11 is 3.77. The number of halogens is 3. The van der Waals surface area contributed by atoms with E-state index >= 15 is 0 Å². The number of hydrogen-bond donors (Lipinski definition) is 0. The summed E-state index contributed by atoms with van der Waals surface area (Å²) in [5.41, 5.74) is -1.38. The van der Waals surface area contributed by atoms with Gasteiger partial charge in [0.2, 0.25) is 0 Å². The quantitative estimate of drug-likeness (QED) is 0.338. The summed E-state index contributed by atoms with van der Waals surface area (Å²) in [6, 6.07) is 1.74. The standard InChI is InChI=1S/C19H16F3N3O3S3/c1-29-17-24-25-18(31-17)30-7-11-10(4-5-12(23-11)19(20,21)22)16(28)13-14(26)8-2-3-9(6-8)15(13)27/h4-5,8-9,13H,2-3,6-7H2,1H3. The van der Waals surface area contributed by atoms with Crippen molar-refractivity contribution in [3.05, 3.63) is 29.1 Å². The summed E-state index contributed by atoms with van der Waals surface area (Å²) in [7, 11) is 0. The third-order valence-corrected chi connectivity index (χ3v) is 8.54. The summed E-state index contributed by atoms with van der Waals surface area (Å²) in [6.45, 7) is 0. The van der Waals surface area contributed by atoms with Gasteiger partial charge in [-0.2, -0.15) is 13.2 Å². The Kier molecular flexibility index (Phi) is 6.23. The van der Waals surface area contributed by atoms with Crippen LogP contribution in [0, 0.1) is 17.8 Å². The van der Waals surface area contributed by atoms with Gasteiger partial charge >= 0.3 is 6.18 Å². The van der Waals surface area contributed by atoms with Crippen LogP contribution >= 0.6 is 34.9 Å². The number of Topliss-reactive ketones (excluding diaryl/α,β-unsaturated/α-hetero) is 3. The van der Waals surface area contributed by atoms with Crippen molar-refractivity contribution in [3.63, 3.8) is 0 Å². The summed E-state index contributed by atoms with van der Waals surface area (Å²) in [6.07, 6.45) is -1.26. The molecule has 2 aromatic rings. The number of hydrogen-bond acceptors (Lipinski definition) is 9. The van der Waals surface area contributed by atoms with E-state index in [0.29, 0.717) is 34.0 Å². The van der Waals surface area contributed by atoms with E-state index in [1.807, 2.05) is 6.26 Å². The van der Waals surface area contributed by atoms with Gasteiger partial charge in [0.1, 0.15) is 11.6 Å². The number of rotatable bonds is 6. The molecule has 164 valence electrons. The van der Waals surface area contributed by atoms with Crippen molar-refractivity contribution in [1.29, 1.82) is 0 Å². The molecule has 2 aliphatic rings. The number of nitrogens with zero attached hydrogens (tertiary/aromatic N) is 3. The maximum absolute atomic E-state index is 13.2. The first kappa shape index (κ1) is 22.4. The molecule has 0 aliphatic heterocycles. The van der Waals surface area contributed by atoms with Crippen LogP contribution in [-0.2, 0) is 21.5 Å². The van der Waals surface area contributed by atoms with Gasteiger partial charge in [0.25, 0.3) is 0 Å². The third kappa shape index (κ3) is 4.42. The number of carbonyl (C=O) groups excluding carboxylic acids is 3. The fourth-order valence-electron chi connectivity index (χ4n) is 3.99. The van der Waals surface area contributed by atoms with Gasteiger partial charge in [-0.15, -0.1) is 10.2 Å². The Morgan fingerprint density at radius 1 is 1.13 bits per heavy atom. The van der Waals surface area contributed by atoms with Gasteiger partial charge in [0.05, 0.1) is 5.69 Å². The van der Waals surface area contributed by atoms with Crippen LogP contribution in [0.1, 0.15) is 41.0 Å². The fraction of sp³-hybridized carbons (Fsp3) is 0.474. The van der Waals surface area contributed by atoms with Gasteiger partial charge in [-0.05, 0) is 37.7 Å². The zero-order valence-corrected chi connectivity index (χ0v) is 18.6. The molecule has 31 heavy (non-hydrogen) atoms. The molecular weight excluding hydrogens is 471 g/mol. The predicted octanol–water partition coefficient (Wildman–Crippen LogP) is 4.33. The second kappa shape index (κ2) is 8.62. The predicted molar refractivity (Wildman–Crippen MR) is 109 cm³/mol. The molecule has 2 heterocycles. The van der Waals surface area contributed by atoms with Crippen LogP contribution in [0.15, 0.2) is 20.8 Å². The Balaban J connectivity index is 1.66. The molecule has 2 atom stereocenters. The van der Waals surface area contributed by atoms with Crippen LogP contribution < -0.4 is 0 Å². The maximum Gasteiger partial charge on any atom is 0.433 e. The van der Waals surface area contributed by atoms with Crippen molar-refractivity contribution in [3.8, 4) is 0 Å². The topological polar surface area (TPSA) is 89.9 Å². The molecule has 0 spiro atoms. The second-order valence-electron chi connectivity index (χ2n) is 7.32. The number of alkyl halides is 3. The van der Waals surface area contributed by atoms with Gasteiger partial charge in [-0.1, -0.05) is 34.9 Å². The van der Waals surface area contributed by atoms with Gasteiger partial charge in [-0.3, -0.25) is 14.4 Å². The molecule has 2 fully saturated rings. The lowest BCUT2D eigenvalue weighted by atomic mass is 9.75. The highest BCUT2D eigenvalue weighted by atomic mass is 32.2. The van der Waals surface area contributed by atoms with Crippen molar-refractivity contribution >= 4 is 52.2 Å². The Hall–Kier alpha value is -1.79. The van der Waals surface area contributed by atoms with E-state index in [-0.39, 0.29) is 28.8 Å². The van der Waals surface area contributed by atoms with E-state index in [1.54, 1.807) is 0 Å². The minimum atomic E-state index is -4.69. The van der Waals surface area contributed by atoms with Crippen LogP contribution in [0.5, 0.6) is 0 Å². The molecule has 6 nitrogen and oxygen atoms in total. The van der Waals surface area contributed by atoms with Crippen molar-refractivity contribution in [2.24, 2.45) is 17.8 Å². The lowest BCUT2D eigenvalue weighted by molar-refractivity contribution is -0.141. The van der Waals surface area contributed by atoms with Gasteiger partial charge in [0.15, 0.2) is 26.0 Å². The van der Waals surface area contributed by atoms with Crippen molar-refractivity contribution in [1.82, 2.24) is 15.2 Å². The smallest absolute Gasteiger partial charge is 0.298 e. The van der Waals surface area contributed by atoms with Crippen LogP contribution in [0.2, 0.25) is 0 Å². The molecule has 2 bridgehead atoms. The summed E-state index contributed by atoms with van der Waals surface area (Å²) in [5.74, 6) is -3.78.